The maximum atomic E-state index is 12.5. The second-order valence-electron chi connectivity index (χ2n) is 6.36. The summed E-state index contributed by atoms with van der Waals surface area (Å²) in [6.07, 6.45) is 0. The van der Waals surface area contributed by atoms with Gasteiger partial charge in [0.25, 0.3) is 11.6 Å². The molecule has 6 nitrogen and oxygen atoms in total. The van der Waals surface area contributed by atoms with E-state index in [1.165, 1.54) is 12.1 Å². The first-order valence-corrected chi connectivity index (χ1v) is 10.1. The molecule has 1 N–H and O–H groups in total. The number of rotatable bonds is 5. The van der Waals surface area contributed by atoms with E-state index in [0.29, 0.717) is 5.69 Å². The number of benzene rings is 3. The van der Waals surface area contributed by atoms with Crippen molar-refractivity contribution in [2.75, 3.05) is 5.32 Å². The molecule has 1 amide bonds. The summed E-state index contributed by atoms with van der Waals surface area (Å²) in [7, 11) is 0. The molecule has 0 saturated carbocycles. The molecule has 30 heavy (non-hydrogen) atoms. The molecule has 0 atom stereocenters. The Bertz CT molecular complexity index is 1220. The van der Waals surface area contributed by atoms with Crippen LogP contribution >= 0.6 is 22.9 Å². The zero-order valence-corrected chi connectivity index (χ0v) is 17.0. The number of nitrogens with one attached hydrogen (secondary N) is 1. The Kier molecular flexibility index (Phi) is 5.56. The molecule has 0 bridgehead atoms. The number of aromatic nitrogens is 1. The van der Waals surface area contributed by atoms with Crippen molar-refractivity contribution < 1.29 is 9.72 Å². The lowest BCUT2D eigenvalue weighted by molar-refractivity contribution is -0.384. The Labute approximate surface area is 180 Å². The summed E-state index contributed by atoms with van der Waals surface area (Å²) < 4.78 is 0. The van der Waals surface area contributed by atoms with Crippen molar-refractivity contribution in [3.63, 3.8) is 0 Å². The Hall–Kier alpha value is -3.55. The number of hydrogen-bond donors (Lipinski definition) is 1. The minimum absolute atomic E-state index is 0.0435. The highest BCUT2D eigenvalue weighted by Crippen LogP contribution is 2.29. The summed E-state index contributed by atoms with van der Waals surface area (Å²) in [5.41, 5.74) is 3.22. The summed E-state index contributed by atoms with van der Waals surface area (Å²) in [5, 5.41) is 16.7. The lowest BCUT2D eigenvalue weighted by Crippen LogP contribution is -2.12. The molecule has 148 valence electrons. The first kappa shape index (κ1) is 19.8. The van der Waals surface area contributed by atoms with Gasteiger partial charge < -0.3 is 5.32 Å². The van der Waals surface area contributed by atoms with Crippen molar-refractivity contribution in [3.8, 4) is 21.8 Å². The maximum Gasteiger partial charge on any atom is 0.270 e. The van der Waals surface area contributed by atoms with Crippen molar-refractivity contribution in [3.05, 3.63) is 98.9 Å². The molecule has 1 heterocycles. The lowest BCUT2D eigenvalue weighted by Gasteiger charge is -2.07. The first-order chi connectivity index (χ1) is 14.5. The average Bonchev–Trinajstić information content (AvgIpc) is 3.25. The van der Waals surface area contributed by atoms with E-state index in [0.717, 1.165) is 27.9 Å². The van der Waals surface area contributed by atoms with Crippen molar-refractivity contribution in [1.29, 1.82) is 0 Å². The molecule has 0 fully saturated rings. The Morgan fingerprint density at radius 1 is 1.00 bits per heavy atom. The molecule has 8 heteroatoms. The molecule has 0 aliphatic carbocycles. The van der Waals surface area contributed by atoms with Gasteiger partial charge >= 0.3 is 0 Å². The quantitative estimate of drug-likeness (QED) is 0.295. The maximum absolute atomic E-state index is 12.5. The van der Waals surface area contributed by atoms with Gasteiger partial charge in [0.15, 0.2) is 0 Å². The largest absolute Gasteiger partial charge is 0.322 e. The third-order valence-corrected chi connectivity index (χ3v) is 5.59. The van der Waals surface area contributed by atoms with Gasteiger partial charge in [-0.2, -0.15) is 0 Å². The molecule has 4 aromatic rings. The molecule has 0 aliphatic rings. The molecule has 1 aromatic heterocycles. The van der Waals surface area contributed by atoms with Crippen molar-refractivity contribution in [2.24, 2.45) is 0 Å². The van der Waals surface area contributed by atoms with Crippen molar-refractivity contribution >= 4 is 40.2 Å². The minimum atomic E-state index is -0.570. The summed E-state index contributed by atoms with van der Waals surface area (Å²) in [6, 6.07) is 20.9. The van der Waals surface area contributed by atoms with Crippen LogP contribution in [-0.4, -0.2) is 15.8 Å². The highest BCUT2D eigenvalue weighted by Gasteiger charge is 2.16. The number of halogens is 1. The van der Waals surface area contributed by atoms with Crippen LogP contribution in [0, 0.1) is 10.1 Å². The topological polar surface area (TPSA) is 85.1 Å². The predicted molar refractivity (Wildman–Crippen MR) is 119 cm³/mol. The number of non-ortho nitro benzene ring substituents is 1. The summed E-state index contributed by atoms with van der Waals surface area (Å²) in [6.45, 7) is 0. The van der Waals surface area contributed by atoms with Gasteiger partial charge in [0.1, 0.15) is 5.01 Å². The van der Waals surface area contributed by atoms with E-state index < -0.39 is 10.8 Å². The second kappa shape index (κ2) is 8.44. The summed E-state index contributed by atoms with van der Waals surface area (Å²) >= 11 is 7.59. The van der Waals surface area contributed by atoms with E-state index in [1.54, 1.807) is 23.5 Å². The summed E-state index contributed by atoms with van der Waals surface area (Å²) in [4.78, 5) is 27.5. The number of thiazole rings is 1. The molecule has 0 aliphatic heterocycles. The Morgan fingerprint density at radius 2 is 1.73 bits per heavy atom. The monoisotopic (exact) mass is 435 g/mol. The fourth-order valence-electron chi connectivity index (χ4n) is 2.84. The summed E-state index contributed by atoms with van der Waals surface area (Å²) in [5.74, 6) is -0.517. The van der Waals surface area contributed by atoms with Crippen molar-refractivity contribution in [1.82, 2.24) is 4.98 Å². The van der Waals surface area contributed by atoms with Crippen LogP contribution in [0.1, 0.15) is 10.4 Å². The number of nitro benzene ring substituents is 1. The second-order valence-corrected chi connectivity index (χ2v) is 7.62. The van der Waals surface area contributed by atoms with Gasteiger partial charge in [-0.25, -0.2) is 4.98 Å². The van der Waals surface area contributed by atoms with Crippen LogP contribution in [-0.2, 0) is 0 Å². The Balaban J connectivity index is 1.51. The zero-order chi connectivity index (χ0) is 21.1. The molecule has 4 rings (SSSR count). The van der Waals surface area contributed by atoms with Gasteiger partial charge in [-0.05, 0) is 18.2 Å². The van der Waals surface area contributed by atoms with Gasteiger partial charge in [0, 0.05) is 34.3 Å². The number of amides is 1. The predicted octanol–water partition coefficient (Wildman–Crippen LogP) is 6.29. The molecule has 3 aromatic carbocycles. The lowest BCUT2D eigenvalue weighted by atomic mass is 10.1. The van der Waals surface area contributed by atoms with Crippen LogP contribution in [0.5, 0.6) is 0 Å². The fourth-order valence-corrected chi connectivity index (χ4v) is 3.88. The minimum Gasteiger partial charge on any atom is -0.322 e. The fraction of sp³-hybridized carbons (Fsp3) is 0. The van der Waals surface area contributed by atoms with E-state index in [9.17, 15) is 14.9 Å². The van der Waals surface area contributed by atoms with Crippen LogP contribution < -0.4 is 5.32 Å². The average molecular weight is 436 g/mol. The molecule has 0 radical (unpaired) electrons. The van der Waals surface area contributed by atoms with Crippen LogP contribution in [0.4, 0.5) is 11.4 Å². The van der Waals surface area contributed by atoms with Crippen molar-refractivity contribution in [2.45, 2.75) is 0 Å². The van der Waals surface area contributed by atoms with Gasteiger partial charge in [-0.3, -0.25) is 14.9 Å². The standard InChI is InChI=1S/C22H14ClN3O3S/c23-19-11-10-17(26(28)29)12-18(19)21(27)24-16-8-6-14(7-9-16)20-13-30-22(25-20)15-4-2-1-3-5-15/h1-13H,(H,24,27). The highest BCUT2D eigenvalue weighted by molar-refractivity contribution is 7.13. The van der Waals surface area contributed by atoms with Gasteiger partial charge in [-0.15, -0.1) is 11.3 Å². The van der Waals surface area contributed by atoms with E-state index in [2.05, 4.69) is 10.3 Å². The van der Waals surface area contributed by atoms with Gasteiger partial charge in [0.05, 0.1) is 21.2 Å². The normalized spacial score (nSPS) is 10.6. The van der Waals surface area contributed by atoms with Crippen LogP contribution in [0.2, 0.25) is 5.02 Å². The van der Waals surface area contributed by atoms with E-state index >= 15 is 0 Å². The molecular formula is C22H14ClN3O3S. The van der Waals surface area contributed by atoms with Crippen LogP contribution in [0.25, 0.3) is 21.8 Å². The van der Waals surface area contributed by atoms with E-state index in [4.69, 9.17) is 11.6 Å². The number of anilines is 1. The molecule has 0 spiro atoms. The molecular weight excluding hydrogens is 422 g/mol. The number of hydrogen-bond acceptors (Lipinski definition) is 5. The SMILES string of the molecule is O=C(Nc1ccc(-c2csc(-c3ccccc3)n2)cc1)c1cc([N+](=O)[O-])ccc1Cl. The highest BCUT2D eigenvalue weighted by atomic mass is 35.5. The first-order valence-electron chi connectivity index (χ1n) is 8.88. The van der Waals surface area contributed by atoms with Gasteiger partial charge in [-0.1, -0.05) is 54.1 Å². The number of nitro groups is 1. The molecule has 0 saturated heterocycles. The van der Waals surface area contributed by atoms with Crippen LogP contribution in [0.3, 0.4) is 0 Å². The third-order valence-electron chi connectivity index (χ3n) is 4.37. The third kappa shape index (κ3) is 4.22. The number of nitrogens with zero attached hydrogens (tertiary/aromatic N) is 2. The van der Waals surface area contributed by atoms with Gasteiger partial charge in [0.2, 0.25) is 0 Å². The number of carbonyl (C=O) groups excluding carboxylic acids is 1. The number of carbonyl (C=O) groups is 1. The Morgan fingerprint density at radius 3 is 2.43 bits per heavy atom. The van der Waals surface area contributed by atoms with E-state index in [-0.39, 0.29) is 16.3 Å². The zero-order valence-electron chi connectivity index (χ0n) is 15.4. The van der Waals surface area contributed by atoms with E-state index in [1.807, 2.05) is 47.8 Å². The molecule has 0 unspecified atom stereocenters. The van der Waals surface area contributed by atoms with Crippen LogP contribution in [0.15, 0.2) is 78.2 Å². The smallest absolute Gasteiger partial charge is 0.270 e.